The van der Waals surface area contributed by atoms with Crippen molar-refractivity contribution in [2.45, 2.75) is 6.54 Å². The molecular formula is C13H16N4OS2. The van der Waals surface area contributed by atoms with Crippen molar-refractivity contribution in [3.63, 3.8) is 0 Å². The number of carbonyl (C=O) groups is 1. The third kappa shape index (κ3) is 3.00. The maximum Gasteiger partial charge on any atom is 0.273 e. The van der Waals surface area contributed by atoms with Gasteiger partial charge in [-0.25, -0.2) is 4.98 Å². The summed E-state index contributed by atoms with van der Waals surface area (Å²) >= 11 is 3.03. The summed E-state index contributed by atoms with van der Waals surface area (Å²) in [6, 6.07) is 2.15. The lowest BCUT2D eigenvalue weighted by atomic mass is 10.2. The van der Waals surface area contributed by atoms with Crippen LogP contribution in [-0.4, -0.2) is 46.9 Å². The number of nitrogen functional groups attached to an aromatic ring is 1. The highest BCUT2D eigenvalue weighted by atomic mass is 32.1. The Morgan fingerprint density at radius 3 is 2.70 bits per heavy atom. The lowest BCUT2D eigenvalue weighted by molar-refractivity contribution is 0.0624. The zero-order chi connectivity index (χ0) is 13.9. The molecular weight excluding hydrogens is 292 g/mol. The SMILES string of the molecule is Nc1nc(C(=O)N2CCN(Cc3ccsc3)CC2)cs1. The lowest BCUT2D eigenvalue weighted by Crippen LogP contribution is -2.48. The number of carbonyl (C=O) groups excluding carboxylic acids is 1. The van der Waals surface area contributed by atoms with Crippen LogP contribution < -0.4 is 5.73 Å². The first-order valence-corrected chi connectivity index (χ1v) is 8.28. The number of piperazine rings is 1. The zero-order valence-corrected chi connectivity index (χ0v) is 12.6. The molecule has 0 bridgehead atoms. The molecule has 0 spiro atoms. The van der Waals surface area contributed by atoms with Gasteiger partial charge in [0, 0.05) is 38.1 Å². The molecule has 3 heterocycles. The Balaban J connectivity index is 1.54. The molecule has 0 saturated carbocycles. The van der Waals surface area contributed by atoms with Crippen LogP contribution in [0.3, 0.4) is 0 Å². The Labute approximate surface area is 125 Å². The van der Waals surface area contributed by atoms with Gasteiger partial charge in [0.05, 0.1) is 0 Å². The third-order valence-corrected chi connectivity index (χ3v) is 4.79. The molecule has 2 aromatic heterocycles. The largest absolute Gasteiger partial charge is 0.375 e. The van der Waals surface area contributed by atoms with Gasteiger partial charge in [0.2, 0.25) is 0 Å². The predicted molar refractivity (Wildman–Crippen MR) is 82.0 cm³/mol. The Kier molecular flexibility index (Phi) is 4.00. The highest BCUT2D eigenvalue weighted by Gasteiger charge is 2.23. The molecule has 0 aliphatic carbocycles. The van der Waals surface area contributed by atoms with E-state index in [2.05, 4.69) is 26.7 Å². The zero-order valence-electron chi connectivity index (χ0n) is 11.0. The number of rotatable bonds is 3. The molecule has 0 radical (unpaired) electrons. The van der Waals surface area contributed by atoms with E-state index in [0.29, 0.717) is 10.8 Å². The van der Waals surface area contributed by atoms with Crippen molar-refractivity contribution in [1.29, 1.82) is 0 Å². The Morgan fingerprint density at radius 1 is 1.30 bits per heavy atom. The predicted octanol–water partition coefficient (Wildman–Crippen LogP) is 1.74. The van der Waals surface area contributed by atoms with Crippen molar-refractivity contribution >= 4 is 33.7 Å². The van der Waals surface area contributed by atoms with Crippen LogP contribution in [0.1, 0.15) is 16.1 Å². The molecule has 1 saturated heterocycles. The molecule has 0 aromatic carbocycles. The summed E-state index contributed by atoms with van der Waals surface area (Å²) < 4.78 is 0. The van der Waals surface area contributed by atoms with Crippen LogP contribution in [0.2, 0.25) is 0 Å². The molecule has 7 heteroatoms. The maximum atomic E-state index is 12.2. The number of hydrogen-bond donors (Lipinski definition) is 1. The summed E-state index contributed by atoms with van der Waals surface area (Å²) in [4.78, 5) is 20.5. The van der Waals surface area contributed by atoms with Crippen molar-refractivity contribution in [1.82, 2.24) is 14.8 Å². The summed E-state index contributed by atoms with van der Waals surface area (Å²) in [5, 5.41) is 6.46. The number of thiazole rings is 1. The molecule has 3 rings (SSSR count). The van der Waals surface area contributed by atoms with E-state index in [4.69, 9.17) is 5.73 Å². The molecule has 0 atom stereocenters. The van der Waals surface area contributed by atoms with Gasteiger partial charge in [0.15, 0.2) is 5.13 Å². The highest BCUT2D eigenvalue weighted by molar-refractivity contribution is 7.13. The molecule has 5 nitrogen and oxygen atoms in total. The fraction of sp³-hybridized carbons (Fsp3) is 0.385. The summed E-state index contributed by atoms with van der Waals surface area (Å²) in [6.45, 7) is 4.28. The minimum absolute atomic E-state index is 0.00636. The van der Waals surface area contributed by atoms with E-state index in [0.717, 1.165) is 32.7 Å². The van der Waals surface area contributed by atoms with Gasteiger partial charge in [-0.05, 0) is 22.4 Å². The Morgan fingerprint density at radius 2 is 2.10 bits per heavy atom. The van der Waals surface area contributed by atoms with E-state index in [1.54, 1.807) is 16.7 Å². The van der Waals surface area contributed by atoms with Crippen LogP contribution >= 0.6 is 22.7 Å². The van der Waals surface area contributed by atoms with E-state index < -0.39 is 0 Å². The van der Waals surface area contributed by atoms with Crippen molar-refractivity contribution in [2.24, 2.45) is 0 Å². The van der Waals surface area contributed by atoms with Crippen LogP contribution in [0.25, 0.3) is 0 Å². The molecule has 106 valence electrons. The minimum atomic E-state index is -0.00636. The van der Waals surface area contributed by atoms with Crippen LogP contribution in [0.5, 0.6) is 0 Å². The highest BCUT2D eigenvalue weighted by Crippen LogP contribution is 2.16. The van der Waals surface area contributed by atoms with Crippen LogP contribution in [0.4, 0.5) is 5.13 Å². The van der Waals surface area contributed by atoms with Gasteiger partial charge in [-0.2, -0.15) is 11.3 Å². The third-order valence-electron chi connectivity index (χ3n) is 3.39. The fourth-order valence-electron chi connectivity index (χ4n) is 2.30. The van der Waals surface area contributed by atoms with Crippen molar-refractivity contribution < 1.29 is 4.79 Å². The average Bonchev–Trinajstić information content (AvgIpc) is 3.10. The number of hydrogen-bond acceptors (Lipinski definition) is 6. The number of nitrogens with two attached hydrogens (primary N) is 1. The quantitative estimate of drug-likeness (QED) is 0.938. The van der Waals surface area contributed by atoms with E-state index in [9.17, 15) is 4.79 Å². The lowest BCUT2D eigenvalue weighted by Gasteiger charge is -2.34. The van der Waals surface area contributed by atoms with E-state index in [-0.39, 0.29) is 5.91 Å². The molecule has 1 aliphatic rings. The van der Waals surface area contributed by atoms with E-state index in [1.165, 1.54) is 16.9 Å². The van der Waals surface area contributed by atoms with Crippen molar-refractivity contribution in [3.8, 4) is 0 Å². The summed E-state index contributed by atoms with van der Waals surface area (Å²) in [5.41, 5.74) is 7.39. The van der Waals surface area contributed by atoms with Crippen molar-refractivity contribution in [3.05, 3.63) is 33.5 Å². The average molecular weight is 308 g/mol. The van der Waals surface area contributed by atoms with Gasteiger partial charge < -0.3 is 10.6 Å². The fourth-order valence-corrected chi connectivity index (χ4v) is 3.49. The number of nitrogens with zero attached hydrogens (tertiary/aromatic N) is 3. The van der Waals surface area contributed by atoms with Gasteiger partial charge in [-0.3, -0.25) is 9.69 Å². The standard InChI is InChI=1S/C13H16N4OS2/c14-13-15-11(9-20-13)12(18)17-4-2-16(3-5-17)7-10-1-6-19-8-10/h1,6,8-9H,2-5,7H2,(H2,14,15). The molecule has 2 N–H and O–H groups in total. The van der Waals surface area contributed by atoms with Crippen LogP contribution in [-0.2, 0) is 6.54 Å². The van der Waals surface area contributed by atoms with E-state index >= 15 is 0 Å². The van der Waals surface area contributed by atoms with E-state index in [1.807, 2.05) is 4.90 Å². The first kappa shape index (κ1) is 13.5. The molecule has 1 aliphatic heterocycles. The van der Waals surface area contributed by atoms with Gasteiger partial charge in [-0.1, -0.05) is 0 Å². The Hall–Kier alpha value is -1.44. The van der Waals surface area contributed by atoms with Crippen LogP contribution in [0, 0.1) is 0 Å². The van der Waals surface area contributed by atoms with Gasteiger partial charge in [0.1, 0.15) is 5.69 Å². The minimum Gasteiger partial charge on any atom is -0.375 e. The second kappa shape index (κ2) is 5.90. The maximum absolute atomic E-state index is 12.2. The Bertz CT molecular complexity index is 573. The van der Waals surface area contributed by atoms with Crippen LogP contribution in [0.15, 0.2) is 22.2 Å². The first-order valence-electron chi connectivity index (χ1n) is 6.46. The molecule has 1 amide bonds. The summed E-state index contributed by atoms with van der Waals surface area (Å²) in [5.74, 6) is -0.00636. The number of anilines is 1. The summed E-state index contributed by atoms with van der Waals surface area (Å²) in [7, 11) is 0. The molecule has 1 fully saturated rings. The molecule has 20 heavy (non-hydrogen) atoms. The van der Waals surface area contributed by atoms with Gasteiger partial charge in [0.25, 0.3) is 5.91 Å². The van der Waals surface area contributed by atoms with Crippen molar-refractivity contribution in [2.75, 3.05) is 31.9 Å². The molecule has 0 unspecified atom stereocenters. The van der Waals surface area contributed by atoms with Gasteiger partial charge in [-0.15, -0.1) is 11.3 Å². The molecule has 2 aromatic rings. The first-order chi connectivity index (χ1) is 9.72. The smallest absolute Gasteiger partial charge is 0.273 e. The number of amides is 1. The monoisotopic (exact) mass is 308 g/mol. The second-order valence-electron chi connectivity index (χ2n) is 4.77. The normalized spacial score (nSPS) is 16.5. The topological polar surface area (TPSA) is 62.5 Å². The second-order valence-corrected chi connectivity index (χ2v) is 6.44. The summed E-state index contributed by atoms with van der Waals surface area (Å²) in [6.07, 6.45) is 0. The number of thiophene rings is 1. The number of aromatic nitrogens is 1. The van der Waals surface area contributed by atoms with Gasteiger partial charge >= 0.3 is 0 Å².